The molecule has 1 radical (unpaired) electrons. The molecule has 1 atom stereocenters. The monoisotopic (exact) mass is 191 g/mol. The summed E-state index contributed by atoms with van der Waals surface area (Å²) in [6, 6.07) is 10.4. The average molecular weight is 191 g/mol. The van der Waals surface area contributed by atoms with Gasteiger partial charge in [-0.15, -0.1) is 0 Å². The van der Waals surface area contributed by atoms with Gasteiger partial charge in [0.2, 0.25) is 0 Å². The van der Waals surface area contributed by atoms with E-state index in [1.54, 1.807) is 6.61 Å². The zero-order valence-electron chi connectivity index (χ0n) is 8.19. The van der Waals surface area contributed by atoms with Crippen molar-refractivity contribution in [2.45, 2.75) is 18.9 Å². The molecule has 0 spiro atoms. The van der Waals surface area contributed by atoms with Crippen LogP contribution in [-0.4, -0.2) is 19.3 Å². The molecule has 0 amide bonds. The van der Waals surface area contributed by atoms with Crippen LogP contribution in [0.25, 0.3) is 0 Å². The minimum absolute atomic E-state index is 0.302. The lowest BCUT2D eigenvalue weighted by Gasteiger charge is -2.13. The minimum Gasteiger partial charge on any atom is -0.375 e. The Morgan fingerprint density at radius 1 is 1.21 bits per heavy atom. The maximum absolute atomic E-state index is 5.63. The van der Waals surface area contributed by atoms with Gasteiger partial charge in [-0.2, -0.15) is 0 Å². The molecule has 0 aliphatic carbocycles. The molecule has 1 heterocycles. The first-order chi connectivity index (χ1) is 6.95. The van der Waals surface area contributed by atoms with Gasteiger partial charge in [0, 0.05) is 6.61 Å². The van der Waals surface area contributed by atoms with Crippen molar-refractivity contribution in [2.75, 3.05) is 13.2 Å². The summed E-state index contributed by atoms with van der Waals surface area (Å²) in [6.45, 7) is 3.12. The summed E-state index contributed by atoms with van der Waals surface area (Å²) in [5, 5.41) is 0. The fourth-order valence-corrected chi connectivity index (χ4v) is 1.63. The standard InChI is InChI=1S/C12H15O2/c1-2-4-11(5-3-1)10-12-6-7-13-8-9-14-12/h1-5,8,12H,6-7,9-10H2. The Morgan fingerprint density at radius 3 is 2.93 bits per heavy atom. The topological polar surface area (TPSA) is 18.5 Å². The summed E-state index contributed by atoms with van der Waals surface area (Å²) < 4.78 is 10.8. The molecule has 0 saturated carbocycles. The zero-order valence-corrected chi connectivity index (χ0v) is 8.19. The van der Waals surface area contributed by atoms with Crippen molar-refractivity contribution in [3.8, 4) is 0 Å². The zero-order chi connectivity index (χ0) is 9.64. The van der Waals surface area contributed by atoms with E-state index in [9.17, 15) is 0 Å². The Kier molecular flexibility index (Phi) is 3.55. The van der Waals surface area contributed by atoms with Crippen LogP contribution in [0.15, 0.2) is 30.3 Å². The van der Waals surface area contributed by atoms with E-state index in [1.807, 2.05) is 6.07 Å². The average Bonchev–Trinajstić information content (AvgIpc) is 2.48. The summed E-state index contributed by atoms with van der Waals surface area (Å²) in [7, 11) is 0. The van der Waals surface area contributed by atoms with Crippen LogP contribution < -0.4 is 0 Å². The predicted octanol–water partition coefficient (Wildman–Crippen LogP) is 2.20. The van der Waals surface area contributed by atoms with Crippen molar-refractivity contribution in [1.82, 2.24) is 0 Å². The van der Waals surface area contributed by atoms with Gasteiger partial charge in [0.15, 0.2) is 0 Å². The normalized spacial score (nSPS) is 23.0. The molecule has 14 heavy (non-hydrogen) atoms. The first kappa shape index (κ1) is 9.69. The molecular weight excluding hydrogens is 176 g/mol. The van der Waals surface area contributed by atoms with Gasteiger partial charge < -0.3 is 9.47 Å². The second-order valence-electron chi connectivity index (χ2n) is 3.47. The lowest BCUT2D eigenvalue weighted by atomic mass is 10.1. The van der Waals surface area contributed by atoms with Gasteiger partial charge in [-0.1, -0.05) is 30.3 Å². The van der Waals surface area contributed by atoms with E-state index in [4.69, 9.17) is 9.47 Å². The predicted molar refractivity (Wildman–Crippen MR) is 54.8 cm³/mol. The fourth-order valence-electron chi connectivity index (χ4n) is 1.63. The largest absolute Gasteiger partial charge is 0.375 e. The summed E-state index contributed by atoms with van der Waals surface area (Å²) in [6.07, 6.45) is 2.26. The van der Waals surface area contributed by atoms with Crippen LogP contribution in [0.4, 0.5) is 0 Å². The highest BCUT2D eigenvalue weighted by atomic mass is 16.5. The second-order valence-corrected chi connectivity index (χ2v) is 3.47. The van der Waals surface area contributed by atoms with Crippen molar-refractivity contribution in [2.24, 2.45) is 0 Å². The summed E-state index contributed by atoms with van der Waals surface area (Å²) in [4.78, 5) is 0. The van der Waals surface area contributed by atoms with Crippen molar-refractivity contribution >= 4 is 0 Å². The number of benzene rings is 1. The highest BCUT2D eigenvalue weighted by Crippen LogP contribution is 2.12. The third-order valence-electron chi connectivity index (χ3n) is 2.38. The van der Waals surface area contributed by atoms with Crippen molar-refractivity contribution in [3.63, 3.8) is 0 Å². The first-order valence-corrected chi connectivity index (χ1v) is 5.04. The van der Waals surface area contributed by atoms with Gasteiger partial charge in [0.25, 0.3) is 0 Å². The lowest BCUT2D eigenvalue weighted by molar-refractivity contribution is 0.0705. The van der Waals surface area contributed by atoms with Gasteiger partial charge >= 0.3 is 0 Å². The molecule has 1 saturated heterocycles. The van der Waals surface area contributed by atoms with Gasteiger partial charge in [0.1, 0.15) is 6.61 Å². The van der Waals surface area contributed by atoms with E-state index >= 15 is 0 Å². The van der Waals surface area contributed by atoms with Gasteiger partial charge in [-0.3, -0.25) is 0 Å². The Bertz CT molecular complexity index is 250. The maximum Gasteiger partial charge on any atom is 0.109 e. The Hall–Kier alpha value is -0.860. The second kappa shape index (κ2) is 5.13. The fraction of sp³-hybridized carbons (Fsp3) is 0.417. The molecule has 1 aliphatic rings. The van der Waals surface area contributed by atoms with E-state index in [2.05, 4.69) is 24.3 Å². The molecule has 0 N–H and O–H groups in total. The van der Waals surface area contributed by atoms with Gasteiger partial charge in [0.05, 0.1) is 12.7 Å². The Balaban J connectivity index is 1.90. The van der Waals surface area contributed by atoms with Crippen LogP contribution in [0.5, 0.6) is 0 Å². The molecule has 1 unspecified atom stereocenters. The van der Waals surface area contributed by atoms with Crippen LogP contribution in [0.2, 0.25) is 0 Å². The summed E-state index contributed by atoms with van der Waals surface area (Å²) >= 11 is 0. The van der Waals surface area contributed by atoms with Crippen LogP contribution >= 0.6 is 0 Å². The third kappa shape index (κ3) is 2.82. The van der Waals surface area contributed by atoms with E-state index in [0.717, 1.165) is 19.4 Å². The minimum atomic E-state index is 0.302. The highest BCUT2D eigenvalue weighted by Gasteiger charge is 2.13. The number of hydrogen-bond donors (Lipinski definition) is 0. The van der Waals surface area contributed by atoms with E-state index < -0.39 is 0 Å². The molecule has 0 aromatic heterocycles. The van der Waals surface area contributed by atoms with Crippen LogP contribution in [0, 0.1) is 6.61 Å². The molecule has 1 aromatic rings. The molecule has 2 nitrogen and oxygen atoms in total. The van der Waals surface area contributed by atoms with Crippen molar-refractivity contribution in [3.05, 3.63) is 42.5 Å². The summed E-state index contributed by atoms with van der Waals surface area (Å²) in [5.41, 5.74) is 1.33. The quantitative estimate of drug-likeness (QED) is 0.713. The Morgan fingerprint density at radius 2 is 2.07 bits per heavy atom. The first-order valence-electron chi connectivity index (χ1n) is 5.04. The maximum atomic E-state index is 5.63. The van der Waals surface area contributed by atoms with Crippen molar-refractivity contribution in [1.29, 1.82) is 0 Å². The van der Waals surface area contributed by atoms with E-state index in [-0.39, 0.29) is 0 Å². The van der Waals surface area contributed by atoms with Crippen LogP contribution in [-0.2, 0) is 15.9 Å². The Labute approximate surface area is 84.8 Å². The van der Waals surface area contributed by atoms with E-state index in [1.165, 1.54) is 5.56 Å². The van der Waals surface area contributed by atoms with E-state index in [0.29, 0.717) is 12.7 Å². The smallest absolute Gasteiger partial charge is 0.109 e. The van der Waals surface area contributed by atoms with Gasteiger partial charge in [-0.25, -0.2) is 0 Å². The molecule has 1 fully saturated rings. The molecule has 2 rings (SSSR count). The lowest BCUT2D eigenvalue weighted by Crippen LogP contribution is -2.15. The van der Waals surface area contributed by atoms with Gasteiger partial charge in [-0.05, 0) is 18.4 Å². The van der Waals surface area contributed by atoms with Crippen LogP contribution in [0.1, 0.15) is 12.0 Å². The molecule has 75 valence electrons. The molecule has 1 aliphatic heterocycles. The molecule has 1 aromatic carbocycles. The number of ether oxygens (including phenoxy) is 2. The third-order valence-corrected chi connectivity index (χ3v) is 2.38. The number of hydrogen-bond acceptors (Lipinski definition) is 2. The molecular formula is C12H15O2. The highest BCUT2D eigenvalue weighted by molar-refractivity contribution is 5.15. The SMILES string of the molecule is [CH]1COC(Cc2ccccc2)CCO1. The van der Waals surface area contributed by atoms with Crippen LogP contribution in [0.3, 0.4) is 0 Å². The molecule has 0 bridgehead atoms. The van der Waals surface area contributed by atoms with Crippen molar-refractivity contribution < 1.29 is 9.47 Å². The number of rotatable bonds is 2. The molecule has 2 heteroatoms. The summed E-state index contributed by atoms with van der Waals surface area (Å²) in [5.74, 6) is 0.